The summed E-state index contributed by atoms with van der Waals surface area (Å²) in [5.74, 6) is -22.9. The van der Waals surface area contributed by atoms with Crippen LogP contribution in [0.15, 0.2) is 0 Å². The summed E-state index contributed by atoms with van der Waals surface area (Å²) in [7, 11) is 3.29. The second kappa shape index (κ2) is 6.68. The standard InChI is InChI=1S/C11H14F9N2O.HI/c1-22(2)5-3-21(4-6-22)7(23)8(12,13)9(14,15)10(16,17)11(18,19)20;/h3-6H2,1-2H3;1H/q+1;/p-1. The highest BCUT2D eigenvalue weighted by molar-refractivity contribution is 5.85. The van der Waals surface area contributed by atoms with Gasteiger partial charge in [-0.05, 0) is 0 Å². The summed E-state index contributed by atoms with van der Waals surface area (Å²) in [4.78, 5) is 11.6. The second-order valence-electron chi connectivity index (χ2n) is 5.90. The maximum absolute atomic E-state index is 13.5. The molecule has 1 heterocycles. The van der Waals surface area contributed by atoms with Crippen molar-refractivity contribution in [2.45, 2.75) is 23.9 Å². The second-order valence-corrected chi connectivity index (χ2v) is 5.90. The van der Waals surface area contributed by atoms with Crippen molar-refractivity contribution in [3.8, 4) is 0 Å². The van der Waals surface area contributed by atoms with Crippen LogP contribution >= 0.6 is 0 Å². The predicted molar refractivity (Wildman–Crippen MR) is 59.3 cm³/mol. The molecule has 144 valence electrons. The molecule has 0 radical (unpaired) electrons. The van der Waals surface area contributed by atoms with Gasteiger partial charge in [0.25, 0.3) is 5.91 Å². The monoisotopic (exact) mass is 488 g/mol. The highest BCUT2D eigenvalue weighted by Crippen LogP contribution is 2.53. The van der Waals surface area contributed by atoms with Crippen molar-refractivity contribution in [2.75, 3.05) is 40.3 Å². The van der Waals surface area contributed by atoms with Gasteiger partial charge in [-0.2, -0.15) is 39.5 Å². The Bertz CT molecular complexity index is 469. The Balaban J connectivity index is 0.00000529. The van der Waals surface area contributed by atoms with Crippen LogP contribution in [-0.2, 0) is 4.79 Å². The van der Waals surface area contributed by atoms with Crippen LogP contribution in [0.4, 0.5) is 39.5 Å². The van der Waals surface area contributed by atoms with Crippen molar-refractivity contribution in [3.05, 3.63) is 0 Å². The molecule has 3 nitrogen and oxygen atoms in total. The van der Waals surface area contributed by atoms with Crippen LogP contribution < -0.4 is 24.0 Å². The lowest BCUT2D eigenvalue weighted by molar-refractivity contribution is -0.894. The highest BCUT2D eigenvalue weighted by Gasteiger charge is 2.84. The van der Waals surface area contributed by atoms with Crippen molar-refractivity contribution in [1.29, 1.82) is 0 Å². The average Bonchev–Trinajstić information content (AvgIpc) is 2.36. The van der Waals surface area contributed by atoms with E-state index in [2.05, 4.69) is 0 Å². The zero-order valence-corrected chi connectivity index (χ0v) is 14.6. The highest BCUT2D eigenvalue weighted by atomic mass is 127. The lowest BCUT2D eigenvalue weighted by atomic mass is 10.0. The zero-order valence-electron chi connectivity index (χ0n) is 12.4. The Morgan fingerprint density at radius 3 is 1.54 bits per heavy atom. The number of hydrogen-bond donors (Lipinski definition) is 0. The molecule has 0 N–H and O–H groups in total. The third-order valence-electron chi connectivity index (χ3n) is 3.65. The molecule has 0 unspecified atom stereocenters. The van der Waals surface area contributed by atoms with Gasteiger partial charge in [0, 0.05) is 0 Å². The summed E-state index contributed by atoms with van der Waals surface area (Å²) in [5, 5.41) is 0. The van der Waals surface area contributed by atoms with Crippen molar-refractivity contribution in [1.82, 2.24) is 4.90 Å². The topological polar surface area (TPSA) is 20.3 Å². The van der Waals surface area contributed by atoms with Gasteiger partial charge in [-0.1, -0.05) is 0 Å². The number of hydrogen-bond acceptors (Lipinski definition) is 1. The Kier molecular flexibility index (Phi) is 6.55. The molecule has 0 aliphatic carbocycles. The number of carbonyl (C=O) groups excluding carboxylic acids is 1. The van der Waals surface area contributed by atoms with E-state index in [1.54, 1.807) is 14.1 Å². The van der Waals surface area contributed by atoms with Crippen LogP contribution in [0.2, 0.25) is 0 Å². The van der Waals surface area contributed by atoms with E-state index in [0.29, 0.717) is 0 Å². The molecule has 0 aromatic rings. The van der Waals surface area contributed by atoms with Crippen LogP contribution in [0, 0.1) is 0 Å². The van der Waals surface area contributed by atoms with E-state index in [4.69, 9.17) is 0 Å². The minimum absolute atomic E-state index is 0. The predicted octanol–water partition coefficient (Wildman–Crippen LogP) is -0.623. The van der Waals surface area contributed by atoms with Gasteiger partial charge in [-0.3, -0.25) is 4.79 Å². The smallest absolute Gasteiger partial charge is 0.460 e. The van der Waals surface area contributed by atoms with Crippen LogP contribution in [-0.4, -0.2) is 79.5 Å². The Hall–Kier alpha value is -0.470. The van der Waals surface area contributed by atoms with Crippen LogP contribution in [0.5, 0.6) is 0 Å². The van der Waals surface area contributed by atoms with Gasteiger partial charge in [0.15, 0.2) is 0 Å². The minimum atomic E-state index is -7.05. The molecule has 1 amide bonds. The maximum Gasteiger partial charge on any atom is 0.460 e. The van der Waals surface area contributed by atoms with Gasteiger partial charge in [-0.15, -0.1) is 0 Å². The maximum atomic E-state index is 13.5. The molecule has 0 atom stereocenters. The Morgan fingerprint density at radius 1 is 0.833 bits per heavy atom. The molecule has 1 aliphatic heterocycles. The zero-order chi connectivity index (χ0) is 18.5. The van der Waals surface area contributed by atoms with Crippen LogP contribution in [0.3, 0.4) is 0 Å². The quantitative estimate of drug-likeness (QED) is 0.295. The van der Waals surface area contributed by atoms with E-state index in [0.717, 1.165) is 0 Å². The number of piperazine rings is 1. The summed E-state index contributed by atoms with van der Waals surface area (Å²) >= 11 is 0. The lowest BCUT2D eigenvalue weighted by Gasteiger charge is -2.41. The molecule has 24 heavy (non-hydrogen) atoms. The van der Waals surface area contributed by atoms with E-state index in [1.165, 1.54) is 0 Å². The van der Waals surface area contributed by atoms with E-state index >= 15 is 0 Å². The van der Waals surface area contributed by atoms with E-state index in [1.807, 2.05) is 0 Å². The number of alkyl halides is 9. The Labute approximate surface area is 148 Å². The molecule has 1 saturated heterocycles. The molecule has 1 aliphatic rings. The molecule has 1 fully saturated rings. The van der Waals surface area contributed by atoms with Crippen molar-refractivity contribution in [3.63, 3.8) is 0 Å². The summed E-state index contributed by atoms with van der Waals surface area (Å²) in [6, 6.07) is 0. The molecule has 0 spiro atoms. The molecule has 1 rings (SSSR count). The summed E-state index contributed by atoms with van der Waals surface area (Å²) in [5.41, 5.74) is 0. The third kappa shape index (κ3) is 3.85. The molecule has 0 aromatic carbocycles. The third-order valence-corrected chi connectivity index (χ3v) is 3.65. The molecular formula is C11H14F9IN2O. The first-order chi connectivity index (χ1) is 9.97. The fourth-order valence-corrected chi connectivity index (χ4v) is 1.92. The van der Waals surface area contributed by atoms with Gasteiger partial charge in [-0.25, -0.2) is 0 Å². The van der Waals surface area contributed by atoms with E-state index in [-0.39, 0.29) is 46.4 Å². The number of halogens is 10. The average molecular weight is 488 g/mol. The van der Waals surface area contributed by atoms with Gasteiger partial charge in [0.2, 0.25) is 0 Å². The first-order valence-corrected chi connectivity index (χ1v) is 6.29. The molecular weight excluding hydrogens is 474 g/mol. The molecule has 0 aromatic heterocycles. The van der Waals surface area contributed by atoms with E-state index < -0.39 is 42.9 Å². The molecule has 13 heteroatoms. The van der Waals surface area contributed by atoms with Gasteiger partial charge >= 0.3 is 23.9 Å². The van der Waals surface area contributed by atoms with Crippen molar-refractivity contribution >= 4 is 5.91 Å². The first kappa shape index (κ1) is 23.5. The lowest BCUT2D eigenvalue weighted by Crippen LogP contribution is -3.00. The number of carbonyl (C=O) groups is 1. The minimum Gasteiger partial charge on any atom is -1.00 e. The van der Waals surface area contributed by atoms with Gasteiger partial charge in [0.05, 0.1) is 40.3 Å². The summed E-state index contributed by atoms with van der Waals surface area (Å²) in [6.07, 6.45) is -6.93. The van der Waals surface area contributed by atoms with E-state index in [9.17, 15) is 44.3 Å². The van der Waals surface area contributed by atoms with Crippen LogP contribution in [0.25, 0.3) is 0 Å². The SMILES string of the molecule is C[N+]1(C)CCN(C(=O)C(F)(F)C(F)(F)C(F)(F)C(F)(F)F)CC1.[I-]. The van der Waals surface area contributed by atoms with Crippen molar-refractivity contribution < 1.29 is 72.8 Å². The number of rotatable bonds is 3. The summed E-state index contributed by atoms with van der Waals surface area (Å²) < 4.78 is 115. The number of quaternary nitrogens is 1. The first-order valence-electron chi connectivity index (χ1n) is 6.29. The van der Waals surface area contributed by atoms with Crippen LogP contribution in [0.1, 0.15) is 0 Å². The largest absolute Gasteiger partial charge is 1.00 e. The summed E-state index contributed by atoms with van der Waals surface area (Å²) in [6.45, 7) is -0.809. The van der Waals surface area contributed by atoms with Gasteiger partial charge in [0.1, 0.15) is 0 Å². The Morgan fingerprint density at radius 2 is 1.21 bits per heavy atom. The van der Waals surface area contributed by atoms with Gasteiger partial charge < -0.3 is 33.4 Å². The number of nitrogens with zero attached hydrogens (tertiary/aromatic N) is 2. The molecule has 0 bridgehead atoms. The fourth-order valence-electron chi connectivity index (χ4n) is 1.92. The normalized spacial score (nSPS) is 19.7. The number of amides is 1. The molecule has 0 saturated carbocycles. The van der Waals surface area contributed by atoms with Crippen molar-refractivity contribution in [2.24, 2.45) is 0 Å². The fraction of sp³-hybridized carbons (Fsp3) is 0.909. The number of likely N-dealkylation sites (N-methyl/N-ethyl adjacent to an activating group) is 1.